The van der Waals surface area contributed by atoms with Gasteiger partial charge < -0.3 is 14.4 Å². The summed E-state index contributed by atoms with van der Waals surface area (Å²) in [6.45, 7) is 0.641. The van der Waals surface area contributed by atoms with Crippen LogP contribution in [0.15, 0.2) is 42.7 Å². The molecule has 0 aliphatic rings. The second-order valence-corrected chi connectivity index (χ2v) is 5.83. The molecule has 3 aromatic rings. The van der Waals surface area contributed by atoms with E-state index in [1.54, 1.807) is 20.5 Å². The molecular formula is C18H18ClN3O2. The van der Waals surface area contributed by atoms with Crippen LogP contribution in [0.5, 0.6) is 11.5 Å². The van der Waals surface area contributed by atoms with Crippen molar-refractivity contribution in [2.24, 2.45) is 0 Å². The van der Waals surface area contributed by atoms with Crippen molar-refractivity contribution < 1.29 is 9.47 Å². The molecule has 0 aliphatic heterocycles. The number of fused-ring (bicyclic) bond motifs is 1. The van der Waals surface area contributed by atoms with Crippen molar-refractivity contribution in [1.29, 1.82) is 0 Å². The van der Waals surface area contributed by atoms with Gasteiger partial charge in [0.1, 0.15) is 23.6 Å². The lowest BCUT2D eigenvalue weighted by Gasteiger charge is -2.21. The smallest absolute Gasteiger partial charge is 0.139 e. The number of ether oxygens (including phenoxy) is 2. The van der Waals surface area contributed by atoms with Gasteiger partial charge in [-0.3, -0.25) is 0 Å². The Labute approximate surface area is 145 Å². The summed E-state index contributed by atoms with van der Waals surface area (Å²) in [6, 6.07) is 11.4. The van der Waals surface area contributed by atoms with Crippen LogP contribution in [0.1, 0.15) is 5.56 Å². The van der Waals surface area contributed by atoms with E-state index in [0.29, 0.717) is 11.6 Å². The minimum absolute atomic E-state index is 0.641. The number of hydrogen-bond acceptors (Lipinski definition) is 5. The monoisotopic (exact) mass is 343 g/mol. The van der Waals surface area contributed by atoms with E-state index < -0.39 is 0 Å². The lowest BCUT2D eigenvalue weighted by Crippen LogP contribution is -2.18. The number of anilines is 1. The highest BCUT2D eigenvalue weighted by atomic mass is 35.5. The normalized spacial score (nSPS) is 10.7. The van der Waals surface area contributed by atoms with E-state index >= 15 is 0 Å². The van der Waals surface area contributed by atoms with Gasteiger partial charge in [0.25, 0.3) is 0 Å². The first-order valence-electron chi connectivity index (χ1n) is 7.44. The van der Waals surface area contributed by atoms with Crippen molar-refractivity contribution >= 4 is 28.3 Å². The van der Waals surface area contributed by atoms with Gasteiger partial charge in [0.15, 0.2) is 0 Å². The highest BCUT2D eigenvalue weighted by molar-refractivity contribution is 6.31. The molecule has 0 saturated heterocycles. The minimum Gasteiger partial charge on any atom is -0.497 e. The molecule has 0 fully saturated rings. The van der Waals surface area contributed by atoms with E-state index in [4.69, 9.17) is 21.1 Å². The first-order valence-corrected chi connectivity index (χ1v) is 7.82. The Morgan fingerprint density at radius 1 is 1.04 bits per heavy atom. The molecule has 0 saturated carbocycles. The summed E-state index contributed by atoms with van der Waals surface area (Å²) >= 11 is 6.05. The fourth-order valence-corrected chi connectivity index (χ4v) is 2.80. The van der Waals surface area contributed by atoms with E-state index in [2.05, 4.69) is 14.9 Å². The molecular weight excluding hydrogens is 326 g/mol. The van der Waals surface area contributed by atoms with Gasteiger partial charge in [-0.25, -0.2) is 9.97 Å². The zero-order valence-corrected chi connectivity index (χ0v) is 14.5. The van der Waals surface area contributed by atoms with Crippen molar-refractivity contribution in [3.8, 4) is 11.5 Å². The predicted molar refractivity (Wildman–Crippen MR) is 96.2 cm³/mol. The minimum atomic E-state index is 0.641. The van der Waals surface area contributed by atoms with Gasteiger partial charge in [-0.2, -0.15) is 0 Å². The van der Waals surface area contributed by atoms with Crippen molar-refractivity contribution in [2.45, 2.75) is 6.54 Å². The predicted octanol–water partition coefficient (Wildman–Crippen LogP) is 3.94. The third-order valence-electron chi connectivity index (χ3n) is 3.84. The molecule has 124 valence electrons. The quantitative estimate of drug-likeness (QED) is 0.702. The zero-order valence-electron chi connectivity index (χ0n) is 13.8. The fraction of sp³-hybridized carbons (Fsp3) is 0.222. The third kappa shape index (κ3) is 3.21. The van der Waals surface area contributed by atoms with Gasteiger partial charge in [0.2, 0.25) is 0 Å². The first-order chi connectivity index (χ1) is 11.6. The molecule has 1 aromatic heterocycles. The number of benzene rings is 2. The second kappa shape index (κ2) is 6.93. The van der Waals surface area contributed by atoms with Gasteiger partial charge in [-0.05, 0) is 30.3 Å². The van der Waals surface area contributed by atoms with E-state index in [0.717, 1.165) is 33.8 Å². The molecule has 0 aliphatic carbocycles. The Kier molecular flexibility index (Phi) is 4.71. The maximum Gasteiger partial charge on any atom is 0.139 e. The van der Waals surface area contributed by atoms with Crippen LogP contribution in [-0.4, -0.2) is 31.2 Å². The molecule has 24 heavy (non-hydrogen) atoms. The topological polar surface area (TPSA) is 47.5 Å². The number of nitrogens with zero attached hydrogens (tertiary/aromatic N) is 3. The molecule has 0 atom stereocenters. The third-order valence-corrected chi connectivity index (χ3v) is 4.08. The van der Waals surface area contributed by atoms with Crippen LogP contribution < -0.4 is 14.4 Å². The van der Waals surface area contributed by atoms with Gasteiger partial charge in [0, 0.05) is 35.6 Å². The summed E-state index contributed by atoms with van der Waals surface area (Å²) in [4.78, 5) is 10.8. The van der Waals surface area contributed by atoms with E-state index in [1.807, 2.05) is 43.4 Å². The van der Waals surface area contributed by atoms with Crippen molar-refractivity contribution in [3.63, 3.8) is 0 Å². The standard InChI is InChI=1S/C18H18ClN3O2/c1-22(10-12-4-6-14(23-2)9-17(12)24-3)18-15-7-5-13(19)8-16(15)20-11-21-18/h4-9,11H,10H2,1-3H3. The van der Waals surface area contributed by atoms with E-state index in [9.17, 15) is 0 Å². The summed E-state index contributed by atoms with van der Waals surface area (Å²) in [5, 5.41) is 1.61. The average molecular weight is 344 g/mol. The Morgan fingerprint density at radius 2 is 1.88 bits per heavy atom. The molecule has 0 spiro atoms. The van der Waals surface area contributed by atoms with Crippen LogP contribution >= 0.6 is 11.6 Å². The summed E-state index contributed by atoms with van der Waals surface area (Å²) in [5.74, 6) is 2.39. The Bertz CT molecular complexity index is 870. The lowest BCUT2D eigenvalue weighted by atomic mass is 10.1. The van der Waals surface area contributed by atoms with Gasteiger partial charge in [0.05, 0.1) is 19.7 Å². The molecule has 0 N–H and O–H groups in total. The summed E-state index contributed by atoms with van der Waals surface area (Å²) in [7, 11) is 5.28. The van der Waals surface area contributed by atoms with Crippen LogP contribution in [0.4, 0.5) is 5.82 Å². The zero-order chi connectivity index (χ0) is 17.1. The molecule has 6 heteroatoms. The van der Waals surface area contributed by atoms with Gasteiger partial charge in [-0.15, -0.1) is 0 Å². The molecule has 0 radical (unpaired) electrons. The largest absolute Gasteiger partial charge is 0.497 e. The summed E-state index contributed by atoms with van der Waals surface area (Å²) < 4.78 is 10.7. The van der Waals surface area contributed by atoms with Crippen molar-refractivity contribution in [2.75, 3.05) is 26.2 Å². The van der Waals surface area contributed by atoms with Crippen molar-refractivity contribution in [1.82, 2.24) is 9.97 Å². The SMILES string of the molecule is COc1ccc(CN(C)c2ncnc3cc(Cl)ccc23)c(OC)c1. The average Bonchev–Trinajstić information content (AvgIpc) is 2.61. The molecule has 2 aromatic carbocycles. The van der Waals surface area contributed by atoms with Crippen molar-refractivity contribution in [3.05, 3.63) is 53.3 Å². The van der Waals surface area contributed by atoms with Crippen LogP contribution in [0.2, 0.25) is 5.02 Å². The van der Waals surface area contributed by atoms with Crippen LogP contribution in [-0.2, 0) is 6.54 Å². The molecule has 3 rings (SSSR count). The second-order valence-electron chi connectivity index (χ2n) is 5.39. The number of halogens is 1. The van der Waals surface area contributed by atoms with Crippen LogP contribution in [0.3, 0.4) is 0 Å². The fourth-order valence-electron chi connectivity index (χ4n) is 2.63. The Hall–Kier alpha value is -2.53. The van der Waals surface area contributed by atoms with Crippen LogP contribution in [0.25, 0.3) is 10.9 Å². The molecule has 1 heterocycles. The van der Waals surface area contributed by atoms with Gasteiger partial charge in [-0.1, -0.05) is 11.6 Å². The highest BCUT2D eigenvalue weighted by Gasteiger charge is 2.12. The molecule has 0 bridgehead atoms. The molecule has 0 amide bonds. The van der Waals surface area contributed by atoms with E-state index in [1.165, 1.54) is 0 Å². The molecule has 5 nitrogen and oxygen atoms in total. The number of rotatable bonds is 5. The molecule has 0 unspecified atom stereocenters. The first kappa shape index (κ1) is 16.3. The maximum absolute atomic E-state index is 6.05. The Balaban J connectivity index is 1.94. The number of methoxy groups -OCH3 is 2. The summed E-state index contributed by atoms with van der Waals surface area (Å²) in [6.07, 6.45) is 1.55. The Morgan fingerprint density at radius 3 is 2.62 bits per heavy atom. The van der Waals surface area contributed by atoms with Gasteiger partial charge >= 0.3 is 0 Å². The summed E-state index contributed by atoms with van der Waals surface area (Å²) in [5.41, 5.74) is 1.86. The number of hydrogen-bond donors (Lipinski definition) is 0. The highest BCUT2D eigenvalue weighted by Crippen LogP contribution is 2.29. The number of aromatic nitrogens is 2. The van der Waals surface area contributed by atoms with E-state index in [-0.39, 0.29) is 0 Å². The van der Waals surface area contributed by atoms with Crippen LogP contribution in [0, 0.1) is 0 Å². The lowest BCUT2D eigenvalue weighted by molar-refractivity contribution is 0.391. The maximum atomic E-state index is 6.05.